The molecule has 1 N–H and O–H groups in total. The Balaban J connectivity index is 1.74. The number of hydrogen-bond acceptors (Lipinski definition) is 3. The minimum absolute atomic E-state index is 0.282. The van der Waals surface area contributed by atoms with Crippen molar-refractivity contribution in [1.82, 2.24) is 15.1 Å². The van der Waals surface area contributed by atoms with E-state index in [0.29, 0.717) is 23.1 Å². The maximum absolute atomic E-state index is 14.4. The lowest BCUT2D eigenvalue weighted by atomic mass is 10.1. The maximum Gasteiger partial charge on any atom is 0.149 e. The van der Waals surface area contributed by atoms with Crippen LogP contribution in [0, 0.1) is 11.6 Å². The maximum atomic E-state index is 14.4. The summed E-state index contributed by atoms with van der Waals surface area (Å²) in [5.74, 6) is 0.149. The molecule has 0 aliphatic carbocycles. The molecular formula is C19H16F2N4. The second kappa shape index (κ2) is 6.12. The van der Waals surface area contributed by atoms with E-state index in [4.69, 9.17) is 0 Å². The van der Waals surface area contributed by atoms with Gasteiger partial charge in [-0.25, -0.2) is 8.78 Å². The van der Waals surface area contributed by atoms with Gasteiger partial charge in [0.25, 0.3) is 0 Å². The lowest BCUT2D eigenvalue weighted by Crippen LogP contribution is -2.23. The van der Waals surface area contributed by atoms with Gasteiger partial charge in [0.2, 0.25) is 0 Å². The summed E-state index contributed by atoms with van der Waals surface area (Å²) < 4.78 is 27.4. The number of nitrogens with one attached hydrogen (secondary N) is 1. The van der Waals surface area contributed by atoms with Gasteiger partial charge in [-0.3, -0.25) is 10.1 Å². The van der Waals surface area contributed by atoms with E-state index in [2.05, 4.69) is 15.2 Å². The predicted octanol–water partition coefficient (Wildman–Crippen LogP) is 3.70. The summed E-state index contributed by atoms with van der Waals surface area (Å²) >= 11 is 0. The van der Waals surface area contributed by atoms with E-state index < -0.39 is 0 Å². The molecule has 1 aromatic heterocycles. The minimum atomic E-state index is -0.357. The molecule has 0 radical (unpaired) electrons. The standard InChI is InChI=1S/C19H16F2N4/c1-25-9-8-22-19(25)13-10-15-17(23-24-18(15)16(21)11-13)7-4-12-2-5-14(20)6-3-12/h2-7,10-11H,8-9H2,1H3,(H,23,24)/b7-4+. The van der Waals surface area contributed by atoms with Gasteiger partial charge in [0, 0.05) is 24.5 Å². The number of aromatic nitrogens is 2. The van der Waals surface area contributed by atoms with Crippen molar-refractivity contribution in [3.8, 4) is 0 Å². The molecule has 0 saturated carbocycles. The van der Waals surface area contributed by atoms with Gasteiger partial charge in [-0.05, 0) is 35.9 Å². The number of nitrogens with zero attached hydrogens (tertiary/aromatic N) is 3. The highest BCUT2D eigenvalue weighted by Crippen LogP contribution is 2.24. The van der Waals surface area contributed by atoms with Crippen molar-refractivity contribution in [3.63, 3.8) is 0 Å². The number of hydrogen-bond donors (Lipinski definition) is 1. The molecule has 1 aliphatic rings. The van der Waals surface area contributed by atoms with Crippen molar-refractivity contribution < 1.29 is 8.78 Å². The fourth-order valence-electron chi connectivity index (χ4n) is 2.95. The highest BCUT2D eigenvalue weighted by atomic mass is 19.1. The number of H-pyrrole nitrogens is 1. The molecule has 4 nitrogen and oxygen atoms in total. The van der Waals surface area contributed by atoms with Crippen LogP contribution in [0.25, 0.3) is 23.1 Å². The van der Waals surface area contributed by atoms with Crippen molar-refractivity contribution in [2.24, 2.45) is 4.99 Å². The van der Waals surface area contributed by atoms with Crippen LogP contribution in [0.3, 0.4) is 0 Å². The highest BCUT2D eigenvalue weighted by Gasteiger charge is 2.18. The molecule has 2 aromatic carbocycles. The van der Waals surface area contributed by atoms with Crippen molar-refractivity contribution in [1.29, 1.82) is 0 Å². The Kier molecular flexibility index (Phi) is 3.80. The van der Waals surface area contributed by atoms with Crippen LogP contribution >= 0.6 is 0 Å². The van der Waals surface area contributed by atoms with Gasteiger partial charge in [0.15, 0.2) is 0 Å². The molecule has 3 aromatic rings. The quantitative estimate of drug-likeness (QED) is 0.791. The Morgan fingerprint density at radius 2 is 1.92 bits per heavy atom. The SMILES string of the molecule is CN1CCN=C1c1cc(F)c2[nH]nc(/C=C/c3ccc(F)cc3)c2c1. The molecule has 6 heteroatoms. The topological polar surface area (TPSA) is 44.3 Å². The fourth-order valence-corrected chi connectivity index (χ4v) is 2.95. The first-order valence-electron chi connectivity index (χ1n) is 7.99. The highest BCUT2D eigenvalue weighted by molar-refractivity contribution is 6.03. The number of halogens is 2. The number of aromatic amines is 1. The Hall–Kier alpha value is -3.02. The van der Waals surface area contributed by atoms with E-state index in [1.165, 1.54) is 18.2 Å². The van der Waals surface area contributed by atoms with Crippen LogP contribution in [0.1, 0.15) is 16.8 Å². The zero-order valence-electron chi connectivity index (χ0n) is 13.6. The van der Waals surface area contributed by atoms with Crippen LogP contribution in [-0.4, -0.2) is 41.1 Å². The first-order chi connectivity index (χ1) is 12.1. The number of benzene rings is 2. The average molecular weight is 338 g/mol. The number of likely N-dealkylation sites (N-methyl/N-ethyl adjacent to an activating group) is 1. The number of rotatable bonds is 3. The van der Waals surface area contributed by atoms with E-state index in [9.17, 15) is 8.78 Å². The second-order valence-corrected chi connectivity index (χ2v) is 6.00. The molecule has 1 aliphatic heterocycles. The van der Waals surface area contributed by atoms with E-state index in [1.54, 1.807) is 18.2 Å². The van der Waals surface area contributed by atoms with Gasteiger partial charge < -0.3 is 4.90 Å². The van der Waals surface area contributed by atoms with Crippen LogP contribution in [0.15, 0.2) is 41.4 Å². The molecule has 0 bridgehead atoms. The number of fused-ring (bicyclic) bond motifs is 1. The van der Waals surface area contributed by atoms with Crippen LogP contribution in [-0.2, 0) is 0 Å². The van der Waals surface area contributed by atoms with Crippen LogP contribution < -0.4 is 0 Å². The normalized spacial score (nSPS) is 14.7. The Morgan fingerprint density at radius 1 is 1.12 bits per heavy atom. The minimum Gasteiger partial charge on any atom is -0.358 e. The number of aliphatic imine (C=N–C) groups is 1. The summed E-state index contributed by atoms with van der Waals surface area (Å²) in [6.45, 7) is 1.55. The van der Waals surface area contributed by atoms with Crippen molar-refractivity contribution >= 4 is 28.9 Å². The molecule has 0 unspecified atom stereocenters. The third kappa shape index (κ3) is 2.91. The Bertz CT molecular complexity index is 987. The largest absolute Gasteiger partial charge is 0.358 e. The molecule has 0 spiro atoms. The molecule has 0 fully saturated rings. The van der Waals surface area contributed by atoms with Crippen molar-refractivity contribution in [2.45, 2.75) is 0 Å². The zero-order chi connectivity index (χ0) is 17.4. The monoisotopic (exact) mass is 338 g/mol. The van der Waals surface area contributed by atoms with Gasteiger partial charge in [-0.1, -0.05) is 18.2 Å². The van der Waals surface area contributed by atoms with Crippen molar-refractivity contribution in [2.75, 3.05) is 20.1 Å². The lowest BCUT2D eigenvalue weighted by Gasteiger charge is -2.13. The molecule has 126 valence electrons. The number of amidine groups is 1. The summed E-state index contributed by atoms with van der Waals surface area (Å²) in [5, 5.41) is 7.63. The van der Waals surface area contributed by atoms with Crippen LogP contribution in [0.2, 0.25) is 0 Å². The predicted molar refractivity (Wildman–Crippen MR) is 95.4 cm³/mol. The summed E-state index contributed by atoms with van der Waals surface area (Å²) in [6.07, 6.45) is 3.61. The van der Waals surface area contributed by atoms with E-state index >= 15 is 0 Å². The zero-order valence-corrected chi connectivity index (χ0v) is 13.6. The molecule has 0 saturated heterocycles. The molecule has 2 heterocycles. The molecule has 4 rings (SSSR count). The van der Waals surface area contributed by atoms with Gasteiger partial charge in [-0.2, -0.15) is 5.10 Å². The fraction of sp³-hybridized carbons (Fsp3) is 0.158. The lowest BCUT2D eigenvalue weighted by molar-refractivity contribution is 0.556. The first-order valence-corrected chi connectivity index (χ1v) is 7.99. The van der Waals surface area contributed by atoms with Gasteiger partial charge in [0.1, 0.15) is 23.0 Å². The molecular weight excluding hydrogens is 322 g/mol. The first kappa shape index (κ1) is 15.5. The van der Waals surface area contributed by atoms with Crippen LogP contribution in [0.4, 0.5) is 8.78 Å². The second-order valence-electron chi connectivity index (χ2n) is 6.00. The van der Waals surface area contributed by atoms with Gasteiger partial charge >= 0.3 is 0 Å². The smallest absolute Gasteiger partial charge is 0.149 e. The molecule has 0 amide bonds. The average Bonchev–Trinajstić information content (AvgIpc) is 3.21. The summed E-state index contributed by atoms with van der Waals surface area (Å²) in [4.78, 5) is 6.45. The Morgan fingerprint density at radius 3 is 2.64 bits per heavy atom. The summed E-state index contributed by atoms with van der Waals surface area (Å²) in [6, 6.07) is 9.52. The third-order valence-corrected chi connectivity index (χ3v) is 4.27. The van der Waals surface area contributed by atoms with E-state index in [1.807, 2.05) is 24.1 Å². The van der Waals surface area contributed by atoms with Gasteiger partial charge in [-0.15, -0.1) is 0 Å². The van der Waals surface area contributed by atoms with E-state index in [0.717, 1.165) is 23.5 Å². The summed E-state index contributed by atoms with van der Waals surface area (Å²) in [7, 11) is 1.94. The molecule has 0 atom stereocenters. The Labute approximate surface area is 143 Å². The van der Waals surface area contributed by atoms with Crippen molar-refractivity contribution in [3.05, 3.63) is 64.9 Å². The van der Waals surface area contributed by atoms with Gasteiger partial charge in [0.05, 0.1) is 12.2 Å². The third-order valence-electron chi connectivity index (χ3n) is 4.27. The molecule has 25 heavy (non-hydrogen) atoms. The van der Waals surface area contributed by atoms with Crippen LogP contribution in [0.5, 0.6) is 0 Å². The van der Waals surface area contributed by atoms with E-state index in [-0.39, 0.29) is 11.6 Å². The summed E-state index contributed by atoms with van der Waals surface area (Å²) in [5.41, 5.74) is 2.57.